The van der Waals surface area contributed by atoms with Gasteiger partial charge in [-0.05, 0) is 0 Å². The van der Waals surface area contributed by atoms with Crippen molar-refractivity contribution in [1.29, 1.82) is 0 Å². The lowest BCUT2D eigenvalue weighted by atomic mass is 10.1. The number of carbonyl (C=O) groups excluding carboxylic acids is 1. The molecule has 23 nitrogen and oxygen atoms in total. The quantitative estimate of drug-likeness (QED) is 0.173. The molecule has 2 aromatic rings. The fourth-order valence-electron chi connectivity index (χ4n) is 5.38. The van der Waals surface area contributed by atoms with Crippen molar-refractivity contribution >= 4 is 63.0 Å². The van der Waals surface area contributed by atoms with Gasteiger partial charge in [0.2, 0.25) is 5.95 Å². The molecule has 242 valence electrons. The average Bonchev–Trinajstić information content (AvgIpc) is 3.72. The molecule has 5 aliphatic heterocycles. The molecule has 3 unspecified atom stereocenters. The summed E-state index contributed by atoms with van der Waals surface area (Å²) in [7, 11) is -10.2. The molecule has 3 saturated heterocycles. The zero-order chi connectivity index (χ0) is 31.8. The largest absolute Gasteiger partial charge is 0.472 e. The Kier molecular flexibility index (Phi) is 7.35. The van der Waals surface area contributed by atoms with Crippen LogP contribution in [0.2, 0.25) is 0 Å². The van der Waals surface area contributed by atoms with E-state index >= 15 is 0 Å². The molecular formula is C20H24N10O13P2. The minimum atomic E-state index is -5.10. The topological polar surface area (TPSA) is 323 Å². The van der Waals surface area contributed by atoms with Gasteiger partial charge in [0.1, 0.15) is 54.3 Å². The highest BCUT2D eigenvalue weighted by molar-refractivity contribution is 7.47. The van der Waals surface area contributed by atoms with Gasteiger partial charge < -0.3 is 40.9 Å². The second kappa shape index (κ2) is 10.9. The summed E-state index contributed by atoms with van der Waals surface area (Å²) in [5.41, 5.74) is 11.7. The molecule has 2 bridgehead atoms. The zero-order valence-corrected chi connectivity index (χ0v) is 24.2. The van der Waals surface area contributed by atoms with Gasteiger partial charge in [0.25, 0.3) is 5.91 Å². The molecule has 2 aromatic heterocycles. The third-order valence-corrected chi connectivity index (χ3v) is 9.38. The van der Waals surface area contributed by atoms with Gasteiger partial charge in [-0.3, -0.25) is 37.3 Å². The van der Waals surface area contributed by atoms with Crippen molar-refractivity contribution < 1.29 is 61.5 Å². The first kappa shape index (κ1) is 30.3. The number of ether oxygens (including phenoxy) is 2. The summed E-state index contributed by atoms with van der Waals surface area (Å²) in [6.07, 6.45) is -9.35. The van der Waals surface area contributed by atoms with Gasteiger partial charge in [-0.1, -0.05) is 0 Å². The highest BCUT2D eigenvalue weighted by atomic mass is 31.2. The number of nitrogens with zero attached hydrogens (tertiary/aromatic N) is 8. The van der Waals surface area contributed by atoms with E-state index in [4.69, 9.17) is 39.0 Å². The molecule has 0 aliphatic carbocycles. The van der Waals surface area contributed by atoms with Gasteiger partial charge in [0.05, 0.1) is 25.9 Å². The third-order valence-electron chi connectivity index (χ3n) is 7.41. The highest BCUT2D eigenvalue weighted by Crippen LogP contribution is 2.53. The van der Waals surface area contributed by atoms with Crippen LogP contribution in [0.15, 0.2) is 21.3 Å². The lowest BCUT2D eigenvalue weighted by Crippen LogP contribution is -2.49. The number of imidazole rings is 1. The second-order valence-electron chi connectivity index (χ2n) is 10.2. The Balaban J connectivity index is 1.18. The van der Waals surface area contributed by atoms with Crippen molar-refractivity contribution in [2.75, 3.05) is 24.7 Å². The number of aliphatic imine (C=N–C) groups is 3. The van der Waals surface area contributed by atoms with Crippen molar-refractivity contribution in [2.24, 2.45) is 15.0 Å². The summed E-state index contributed by atoms with van der Waals surface area (Å²) < 4.78 is 59.9. The van der Waals surface area contributed by atoms with Crippen LogP contribution >= 0.6 is 15.6 Å². The van der Waals surface area contributed by atoms with Crippen LogP contribution in [0.3, 0.4) is 0 Å². The summed E-state index contributed by atoms with van der Waals surface area (Å²) in [6.45, 7) is -1.65. The van der Waals surface area contributed by atoms with Gasteiger partial charge in [-0.2, -0.15) is 15.0 Å². The van der Waals surface area contributed by atoms with Crippen LogP contribution in [0.5, 0.6) is 0 Å². The molecule has 1 amide bonds. The van der Waals surface area contributed by atoms with E-state index in [0.717, 1.165) is 12.7 Å². The summed E-state index contributed by atoms with van der Waals surface area (Å²) in [6, 6.07) is -1.12. The number of hydrogen-bond donors (Lipinski definition) is 6. The van der Waals surface area contributed by atoms with Crippen LogP contribution in [0.4, 0.5) is 11.8 Å². The van der Waals surface area contributed by atoms with E-state index < -0.39 is 89.9 Å². The van der Waals surface area contributed by atoms with Gasteiger partial charge in [-0.25, -0.2) is 19.1 Å². The van der Waals surface area contributed by atoms with Crippen molar-refractivity contribution in [3.63, 3.8) is 0 Å². The van der Waals surface area contributed by atoms with E-state index in [1.807, 2.05) is 0 Å². The number of fused-ring (bicyclic) bond motifs is 5. The Morgan fingerprint density at radius 2 is 1.62 bits per heavy atom. The average molecular weight is 674 g/mol. The lowest BCUT2D eigenvalue weighted by molar-refractivity contribution is -0.117. The molecule has 8 N–H and O–H groups in total. The normalized spacial score (nSPS) is 41.8. The smallest absolute Gasteiger partial charge is 0.387 e. The van der Waals surface area contributed by atoms with Crippen molar-refractivity contribution in [3.8, 4) is 0 Å². The molecule has 5 aliphatic rings. The maximum Gasteiger partial charge on any atom is 0.472 e. The number of aromatic nitrogens is 4. The predicted octanol–water partition coefficient (Wildman–Crippen LogP) is -2.97. The molecule has 0 spiro atoms. The first-order valence-corrected chi connectivity index (χ1v) is 16.0. The number of phosphoric acid groups is 2. The van der Waals surface area contributed by atoms with Crippen molar-refractivity contribution in [3.05, 3.63) is 6.33 Å². The lowest BCUT2D eigenvalue weighted by Gasteiger charge is -2.30. The first-order valence-electron chi connectivity index (χ1n) is 13.0. The van der Waals surface area contributed by atoms with Gasteiger partial charge >= 0.3 is 15.6 Å². The van der Waals surface area contributed by atoms with Crippen LogP contribution in [0.1, 0.15) is 6.23 Å². The first-order chi connectivity index (χ1) is 21.3. The summed E-state index contributed by atoms with van der Waals surface area (Å²) in [5, 5.41) is 22.1. The number of aliphatic hydroxyl groups is 2. The third kappa shape index (κ3) is 5.35. The highest BCUT2D eigenvalue weighted by Gasteiger charge is 2.55. The number of phosphoric ester groups is 2. The number of rotatable bonds is 2. The molecule has 11 atom stereocenters. The van der Waals surface area contributed by atoms with Gasteiger partial charge in [0.15, 0.2) is 30.0 Å². The monoisotopic (exact) mass is 674 g/mol. The molecule has 0 radical (unpaired) electrons. The van der Waals surface area contributed by atoms with E-state index in [-0.39, 0.29) is 28.8 Å². The van der Waals surface area contributed by atoms with Crippen LogP contribution < -0.4 is 11.5 Å². The zero-order valence-electron chi connectivity index (χ0n) is 22.4. The fraction of sp³-hybridized carbons (Fsp3) is 0.550. The van der Waals surface area contributed by atoms with E-state index in [2.05, 4.69) is 29.9 Å². The van der Waals surface area contributed by atoms with Crippen molar-refractivity contribution in [1.82, 2.24) is 24.4 Å². The number of carbonyl (C=O) groups is 1. The molecule has 45 heavy (non-hydrogen) atoms. The Bertz CT molecular complexity index is 1740. The number of nitrogens with two attached hydrogens (primary N) is 2. The van der Waals surface area contributed by atoms with Crippen LogP contribution in [-0.4, -0.2) is 131 Å². The minimum absolute atomic E-state index is 0.0244. The maximum atomic E-state index is 13.2. The Morgan fingerprint density at radius 1 is 0.933 bits per heavy atom. The SMILES string of the molecule is Nc1nc(N)c2ncn([C@@H]3O[C@@H]4COP(=O)(O)O[C@@H]5[C@H](O)[C@@H](COP(=O)(O)O[C@H]4[C@H]3O)O[C@H]5N3C=NC4C(=O)N=CN=C43)c2n1. The molecule has 7 heterocycles. The summed E-state index contributed by atoms with van der Waals surface area (Å²) in [5.74, 6) is -0.899. The van der Waals surface area contributed by atoms with Crippen LogP contribution in [0.25, 0.3) is 11.2 Å². The Morgan fingerprint density at radius 3 is 2.38 bits per heavy atom. The Hall–Kier alpha value is -3.31. The van der Waals surface area contributed by atoms with Crippen molar-refractivity contribution in [2.45, 2.75) is 55.1 Å². The molecule has 7 rings (SSSR count). The summed E-state index contributed by atoms with van der Waals surface area (Å²) >= 11 is 0. The number of amidine groups is 1. The summed E-state index contributed by atoms with van der Waals surface area (Å²) in [4.78, 5) is 58.1. The molecule has 3 fully saturated rings. The number of hydrogen-bond acceptors (Lipinski definition) is 19. The molecular weight excluding hydrogens is 650 g/mol. The standard InChI is InChI=1S/C20H24N10O13P2/c21-14-8-16(28-20(22)27-14)30(4-25-8)18-11(32)12-7(41-18)2-39-45(36,37)43-13-10(31)6(1-38-44(34,35)42-12)40-19(13)29-5-26-9-15(29)23-3-24-17(9)33/h3-7,9-13,18-19,31-32H,1-2H2,(H,34,35)(H,36,37)(H4,21,22,27,28)/t6-,7-,9?,10-,11-,12-,13-,18-,19-/m1/s1. The van der Waals surface area contributed by atoms with E-state index in [1.54, 1.807) is 0 Å². The van der Waals surface area contributed by atoms with Gasteiger partial charge in [-0.15, -0.1) is 0 Å². The molecule has 25 heteroatoms. The number of nitrogen functional groups attached to an aromatic ring is 2. The van der Waals surface area contributed by atoms with E-state index in [1.165, 1.54) is 15.8 Å². The Labute approximate surface area is 250 Å². The number of amides is 1. The molecule has 0 aromatic carbocycles. The minimum Gasteiger partial charge on any atom is -0.387 e. The van der Waals surface area contributed by atoms with Crippen LogP contribution in [-0.2, 0) is 41.5 Å². The second-order valence-corrected chi connectivity index (χ2v) is 13.0. The molecule has 0 saturated carbocycles. The van der Waals surface area contributed by atoms with E-state index in [0.29, 0.717) is 0 Å². The van der Waals surface area contributed by atoms with Gasteiger partial charge in [0, 0.05) is 0 Å². The fourth-order valence-corrected chi connectivity index (χ4v) is 7.28. The predicted molar refractivity (Wildman–Crippen MR) is 145 cm³/mol. The number of anilines is 2. The van der Waals surface area contributed by atoms with Crippen LogP contribution in [0, 0.1) is 0 Å². The van der Waals surface area contributed by atoms with E-state index in [9.17, 15) is 33.9 Å². The maximum absolute atomic E-state index is 13.2. The number of aliphatic hydroxyl groups excluding tert-OH is 2.